The molecule has 0 aliphatic carbocycles. The van der Waals surface area contributed by atoms with Crippen LogP contribution < -0.4 is 4.74 Å². The highest BCUT2D eigenvalue weighted by molar-refractivity contribution is 7.91. The maximum Gasteiger partial charge on any atom is 0.331 e. The zero-order chi connectivity index (χ0) is 20.7. The molecule has 0 N–H and O–H groups in total. The predicted molar refractivity (Wildman–Crippen MR) is 107 cm³/mol. The van der Waals surface area contributed by atoms with Crippen molar-refractivity contribution < 1.29 is 27.5 Å². The summed E-state index contributed by atoms with van der Waals surface area (Å²) < 4.78 is 33.7. The van der Waals surface area contributed by atoms with Gasteiger partial charge in [0.25, 0.3) is 5.91 Å². The maximum absolute atomic E-state index is 12.6. The van der Waals surface area contributed by atoms with Gasteiger partial charge in [0.15, 0.2) is 16.4 Å². The molecule has 7 nitrogen and oxygen atoms in total. The Bertz CT molecular complexity index is 833. The monoisotopic (exact) mass is 409 g/mol. The van der Waals surface area contributed by atoms with Crippen molar-refractivity contribution in [3.05, 3.63) is 35.9 Å². The molecular weight excluding hydrogens is 382 g/mol. The molecule has 1 aromatic rings. The minimum absolute atomic E-state index is 0.0350. The lowest BCUT2D eigenvalue weighted by Crippen LogP contribution is -2.48. The Morgan fingerprint density at radius 2 is 2.11 bits per heavy atom. The number of benzene rings is 1. The normalized spacial score (nSPS) is 19.3. The lowest BCUT2D eigenvalue weighted by molar-refractivity contribution is -0.150. The molecule has 1 heterocycles. The molecule has 28 heavy (non-hydrogen) atoms. The van der Waals surface area contributed by atoms with Gasteiger partial charge in [0.2, 0.25) is 0 Å². The number of hydrogen-bond acceptors (Lipinski definition) is 6. The fourth-order valence-corrected chi connectivity index (χ4v) is 4.88. The summed E-state index contributed by atoms with van der Waals surface area (Å²) in [7, 11) is -1.56. The molecule has 154 valence electrons. The van der Waals surface area contributed by atoms with E-state index >= 15 is 0 Å². The van der Waals surface area contributed by atoms with E-state index in [-0.39, 0.29) is 29.5 Å². The molecule has 1 aliphatic heterocycles. The van der Waals surface area contributed by atoms with Crippen molar-refractivity contribution in [1.29, 1.82) is 0 Å². The number of nitrogens with zero attached hydrogens (tertiary/aromatic N) is 1. The SMILES string of the molecule is CC[C@@H](C)N(C(=O)COC(=O)/C=C/c1cccc(OC)c1)[C@H]1CCS(=O)(=O)C1. The summed E-state index contributed by atoms with van der Waals surface area (Å²) in [5, 5.41) is 0. The van der Waals surface area contributed by atoms with Crippen molar-refractivity contribution in [2.45, 2.75) is 38.8 Å². The van der Waals surface area contributed by atoms with Crippen LogP contribution in [0.1, 0.15) is 32.3 Å². The molecule has 0 spiro atoms. The molecule has 1 fully saturated rings. The van der Waals surface area contributed by atoms with Gasteiger partial charge in [-0.3, -0.25) is 4.79 Å². The molecule has 1 aromatic carbocycles. The minimum Gasteiger partial charge on any atom is -0.497 e. The molecule has 0 radical (unpaired) electrons. The van der Waals surface area contributed by atoms with E-state index < -0.39 is 22.4 Å². The van der Waals surface area contributed by atoms with E-state index in [0.717, 1.165) is 5.56 Å². The topological polar surface area (TPSA) is 90.0 Å². The van der Waals surface area contributed by atoms with Gasteiger partial charge in [-0.05, 0) is 43.5 Å². The lowest BCUT2D eigenvalue weighted by atomic mass is 10.1. The van der Waals surface area contributed by atoms with Crippen LogP contribution in [0.15, 0.2) is 30.3 Å². The molecule has 0 bridgehead atoms. The number of carbonyl (C=O) groups excluding carboxylic acids is 2. The number of hydrogen-bond donors (Lipinski definition) is 0. The molecule has 0 aromatic heterocycles. The second-order valence-corrected chi connectivity index (χ2v) is 9.06. The highest BCUT2D eigenvalue weighted by Gasteiger charge is 2.36. The average Bonchev–Trinajstić information content (AvgIpc) is 3.04. The number of methoxy groups -OCH3 is 1. The van der Waals surface area contributed by atoms with Crippen LogP contribution in [-0.4, -0.2) is 62.5 Å². The van der Waals surface area contributed by atoms with Crippen molar-refractivity contribution in [2.24, 2.45) is 0 Å². The van der Waals surface area contributed by atoms with Gasteiger partial charge in [0, 0.05) is 18.2 Å². The van der Waals surface area contributed by atoms with Crippen molar-refractivity contribution in [2.75, 3.05) is 25.2 Å². The molecule has 2 rings (SSSR count). The summed E-state index contributed by atoms with van der Waals surface area (Å²) >= 11 is 0. The van der Waals surface area contributed by atoms with Crippen LogP contribution in [0.3, 0.4) is 0 Å². The summed E-state index contributed by atoms with van der Waals surface area (Å²) in [6.07, 6.45) is 3.93. The van der Waals surface area contributed by atoms with Crippen LogP contribution in [0.4, 0.5) is 0 Å². The Morgan fingerprint density at radius 3 is 2.71 bits per heavy atom. The number of ether oxygens (including phenoxy) is 2. The van der Waals surface area contributed by atoms with E-state index in [0.29, 0.717) is 18.6 Å². The maximum atomic E-state index is 12.6. The molecule has 0 saturated carbocycles. The van der Waals surface area contributed by atoms with E-state index in [1.54, 1.807) is 36.3 Å². The Morgan fingerprint density at radius 1 is 1.36 bits per heavy atom. The van der Waals surface area contributed by atoms with Crippen LogP contribution in [-0.2, 0) is 24.2 Å². The predicted octanol–water partition coefficient (Wildman–Crippen LogP) is 2.07. The highest BCUT2D eigenvalue weighted by atomic mass is 32.2. The first-order chi connectivity index (χ1) is 13.3. The first kappa shape index (κ1) is 21.9. The Balaban J connectivity index is 1.95. The number of esters is 1. The van der Waals surface area contributed by atoms with Gasteiger partial charge >= 0.3 is 5.97 Å². The number of carbonyl (C=O) groups is 2. The second kappa shape index (κ2) is 9.73. The molecule has 1 saturated heterocycles. The standard InChI is InChI=1S/C20H27NO6S/c1-4-15(2)21(17-10-11-28(24,25)14-17)19(22)13-27-20(23)9-8-16-6-5-7-18(12-16)26-3/h5-9,12,15,17H,4,10-11,13-14H2,1-3H3/b9-8+/t15-,17+/m1/s1. The van der Waals surface area contributed by atoms with Gasteiger partial charge in [-0.2, -0.15) is 0 Å². The third-order valence-electron chi connectivity index (χ3n) is 4.80. The first-order valence-electron chi connectivity index (χ1n) is 9.26. The third kappa shape index (κ3) is 6.09. The van der Waals surface area contributed by atoms with Crippen LogP contribution >= 0.6 is 0 Å². The summed E-state index contributed by atoms with van der Waals surface area (Å²) in [5.41, 5.74) is 0.764. The molecule has 8 heteroatoms. The van der Waals surface area contributed by atoms with E-state index in [2.05, 4.69) is 0 Å². The number of rotatable bonds is 8. The van der Waals surface area contributed by atoms with E-state index in [1.807, 2.05) is 19.9 Å². The highest BCUT2D eigenvalue weighted by Crippen LogP contribution is 2.21. The fourth-order valence-electron chi connectivity index (χ4n) is 3.17. The molecule has 1 amide bonds. The van der Waals surface area contributed by atoms with Crippen LogP contribution in [0.5, 0.6) is 5.75 Å². The van der Waals surface area contributed by atoms with Gasteiger partial charge in [0.05, 0.1) is 18.6 Å². The lowest BCUT2D eigenvalue weighted by Gasteiger charge is -2.33. The summed E-state index contributed by atoms with van der Waals surface area (Å²) in [5.74, 6) is -0.298. The third-order valence-corrected chi connectivity index (χ3v) is 6.55. The van der Waals surface area contributed by atoms with Crippen molar-refractivity contribution >= 4 is 27.8 Å². The van der Waals surface area contributed by atoms with Crippen molar-refractivity contribution in [3.8, 4) is 5.75 Å². The van der Waals surface area contributed by atoms with Gasteiger partial charge in [-0.25, -0.2) is 13.2 Å². The largest absolute Gasteiger partial charge is 0.497 e. The van der Waals surface area contributed by atoms with Gasteiger partial charge in [-0.15, -0.1) is 0 Å². The molecule has 0 unspecified atom stereocenters. The zero-order valence-electron chi connectivity index (χ0n) is 16.5. The second-order valence-electron chi connectivity index (χ2n) is 6.83. The number of amides is 1. The molecular formula is C20H27NO6S. The molecule has 1 aliphatic rings. The van der Waals surface area contributed by atoms with Crippen LogP contribution in [0, 0.1) is 0 Å². The van der Waals surface area contributed by atoms with Crippen molar-refractivity contribution in [3.63, 3.8) is 0 Å². The van der Waals surface area contributed by atoms with Gasteiger partial charge < -0.3 is 14.4 Å². The van der Waals surface area contributed by atoms with Crippen molar-refractivity contribution in [1.82, 2.24) is 4.90 Å². The van der Waals surface area contributed by atoms with Gasteiger partial charge in [0.1, 0.15) is 5.75 Å². The van der Waals surface area contributed by atoms with Crippen LogP contribution in [0.25, 0.3) is 6.08 Å². The summed E-state index contributed by atoms with van der Waals surface area (Å²) in [6, 6.07) is 6.67. The quantitative estimate of drug-likeness (QED) is 0.482. The molecule has 2 atom stereocenters. The first-order valence-corrected chi connectivity index (χ1v) is 11.1. The minimum atomic E-state index is -3.12. The Hall–Kier alpha value is -2.35. The van der Waals surface area contributed by atoms with Crippen LogP contribution in [0.2, 0.25) is 0 Å². The number of sulfone groups is 1. The van der Waals surface area contributed by atoms with E-state index in [1.165, 1.54) is 6.08 Å². The average molecular weight is 410 g/mol. The zero-order valence-corrected chi connectivity index (χ0v) is 17.3. The Labute approximate surface area is 166 Å². The summed E-state index contributed by atoms with van der Waals surface area (Å²) in [4.78, 5) is 26.1. The Kier molecular flexibility index (Phi) is 7.62. The smallest absolute Gasteiger partial charge is 0.331 e. The van der Waals surface area contributed by atoms with E-state index in [9.17, 15) is 18.0 Å². The summed E-state index contributed by atoms with van der Waals surface area (Å²) in [6.45, 7) is 3.38. The van der Waals surface area contributed by atoms with E-state index in [4.69, 9.17) is 9.47 Å². The fraction of sp³-hybridized carbons (Fsp3) is 0.500. The van der Waals surface area contributed by atoms with Gasteiger partial charge in [-0.1, -0.05) is 19.1 Å².